The van der Waals surface area contributed by atoms with Crippen LogP contribution in [0.25, 0.3) is 22.0 Å². The van der Waals surface area contributed by atoms with Gasteiger partial charge in [-0.2, -0.15) is 0 Å². The third kappa shape index (κ3) is 2.95. The first kappa shape index (κ1) is 19.9. The number of pyridine rings is 1. The van der Waals surface area contributed by atoms with Crippen molar-refractivity contribution in [2.24, 2.45) is 0 Å². The van der Waals surface area contributed by atoms with Crippen LogP contribution in [0.4, 0.5) is 0 Å². The SMILES string of the molecule is CNC(=O)c1nc2ccc3c(c2c(-c2ccc4c(c2)OCO4)c1C(NC)C(=O)O)OCO3. The van der Waals surface area contributed by atoms with Gasteiger partial charge in [0.25, 0.3) is 5.91 Å². The molecule has 1 amide bonds. The van der Waals surface area contributed by atoms with E-state index >= 15 is 0 Å². The van der Waals surface area contributed by atoms with E-state index in [2.05, 4.69) is 15.6 Å². The third-order valence-corrected chi connectivity index (χ3v) is 5.45. The van der Waals surface area contributed by atoms with Crippen molar-refractivity contribution in [2.75, 3.05) is 27.7 Å². The Balaban J connectivity index is 1.94. The van der Waals surface area contributed by atoms with E-state index in [1.54, 1.807) is 30.3 Å². The average Bonchev–Trinajstić information content (AvgIpc) is 3.46. The van der Waals surface area contributed by atoms with E-state index in [9.17, 15) is 14.7 Å². The highest BCUT2D eigenvalue weighted by atomic mass is 16.7. The number of carbonyl (C=O) groups is 2. The number of carboxylic acids is 1. The number of aliphatic carboxylic acids is 1. The second-order valence-corrected chi connectivity index (χ2v) is 7.15. The van der Waals surface area contributed by atoms with Gasteiger partial charge in [0.1, 0.15) is 11.7 Å². The van der Waals surface area contributed by atoms with Gasteiger partial charge in [0.05, 0.1) is 10.9 Å². The number of aromatic nitrogens is 1. The lowest BCUT2D eigenvalue weighted by Gasteiger charge is -2.22. The molecule has 10 heteroatoms. The van der Waals surface area contributed by atoms with Crippen LogP contribution in [0, 0.1) is 0 Å². The number of ether oxygens (including phenoxy) is 4. The number of hydrogen-bond acceptors (Lipinski definition) is 8. The summed E-state index contributed by atoms with van der Waals surface area (Å²) in [5, 5.41) is 15.9. The Hall–Kier alpha value is -4.05. The van der Waals surface area contributed by atoms with Crippen molar-refractivity contribution in [3.8, 4) is 34.1 Å². The van der Waals surface area contributed by atoms with E-state index < -0.39 is 17.9 Å². The fraction of sp³-hybridized carbons (Fsp3) is 0.227. The maximum absolute atomic E-state index is 12.8. The number of hydrogen-bond donors (Lipinski definition) is 3. The monoisotopic (exact) mass is 437 g/mol. The molecule has 164 valence electrons. The summed E-state index contributed by atoms with van der Waals surface area (Å²) in [5.41, 5.74) is 1.76. The van der Waals surface area contributed by atoms with Crippen molar-refractivity contribution < 1.29 is 33.6 Å². The number of benzene rings is 2. The topological polar surface area (TPSA) is 128 Å². The van der Waals surface area contributed by atoms with Crippen molar-refractivity contribution >= 4 is 22.8 Å². The number of nitrogens with zero attached hydrogens (tertiary/aromatic N) is 1. The van der Waals surface area contributed by atoms with E-state index in [1.165, 1.54) is 14.1 Å². The van der Waals surface area contributed by atoms with Crippen molar-refractivity contribution in [1.82, 2.24) is 15.6 Å². The van der Waals surface area contributed by atoms with Crippen molar-refractivity contribution in [3.05, 3.63) is 41.6 Å². The quantitative estimate of drug-likeness (QED) is 0.549. The molecule has 2 aliphatic rings. The summed E-state index contributed by atoms with van der Waals surface area (Å²) in [6, 6.07) is 7.47. The molecule has 0 radical (unpaired) electrons. The van der Waals surface area contributed by atoms with Gasteiger partial charge in [0.15, 0.2) is 23.0 Å². The van der Waals surface area contributed by atoms with Gasteiger partial charge in [-0.05, 0) is 36.9 Å². The molecule has 0 saturated carbocycles. The van der Waals surface area contributed by atoms with Crippen LogP contribution in [0.15, 0.2) is 30.3 Å². The van der Waals surface area contributed by atoms with Gasteiger partial charge in [-0.15, -0.1) is 0 Å². The molecule has 10 nitrogen and oxygen atoms in total. The lowest BCUT2D eigenvalue weighted by atomic mass is 9.89. The van der Waals surface area contributed by atoms with Gasteiger partial charge in [-0.1, -0.05) is 6.07 Å². The Labute approximate surface area is 182 Å². The lowest BCUT2D eigenvalue weighted by molar-refractivity contribution is -0.139. The Bertz CT molecular complexity index is 1270. The number of nitrogens with one attached hydrogen (secondary N) is 2. The van der Waals surface area contributed by atoms with Crippen LogP contribution in [-0.4, -0.2) is 49.6 Å². The summed E-state index contributed by atoms with van der Waals surface area (Å²) in [7, 11) is 2.97. The Kier molecular flexibility index (Phi) is 4.71. The summed E-state index contributed by atoms with van der Waals surface area (Å²) in [6.45, 7) is 0.114. The predicted octanol–water partition coefficient (Wildman–Crippen LogP) is 2.06. The van der Waals surface area contributed by atoms with Crippen LogP contribution < -0.4 is 29.6 Å². The summed E-state index contributed by atoms with van der Waals surface area (Å²) in [4.78, 5) is 29.6. The molecule has 3 N–H and O–H groups in total. The minimum Gasteiger partial charge on any atom is -0.480 e. The molecular weight excluding hydrogens is 418 g/mol. The Morgan fingerprint density at radius 1 is 1.00 bits per heavy atom. The van der Waals surface area contributed by atoms with Crippen LogP contribution in [0.2, 0.25) is 0 Å². The zero-order valence-corrected chi connectivity index (χ0v) is 17.2. The molecule has 1 aromatic heterocycles. The van der Waals surface area contributed by atoms with Crippen molar-refractivity contribution in [3.63, 3.8) is 0 Å². The zero-order valence-electron chi connectivity index (χ0n) is 17.2. The van der Waals surface area contributed by atoms with Gasteiger partial charge in [0.2, 0.25) is 13.6 Å². The molecule has 0 bridgehead atoms. The van der Waals surface area contributed by atoms with Gasteiger partial charge in [0, 0.05) is 18.2 Å². The smallest absolute Gasteiger partial charge is 0.325 e. The van der Waals surface area contributed by atoms with Crippen LogP contribution in [0.1, 0.15) is 22.1 Å². The molecule has 3 heterocycles. The number of fused-ring (bicyclic) bond motifs is 4. The first-order valence-electron chi connectivity index (χ1n) is 9.82. The molecule has 0 aliphatic carbocycles. The van der Waals surface area contributed by atoms with Crippen LogP contribution >= 0.6 is 0 Å². The molecule has 2 aliphatic heterocycles. The number of rotatable bonds is 5. The van der Waals surface area contributed by atoms with Gasteiger partial charge < -0.3 is 34.7 Å². The maximum atomic E-state index is 12.8. The first-order valence-corrected chi connectivity index (χ1v) is 9.82. The number of amides is 1. The zero-order chi connectivity index (χ0) is 22.4. The van der Waals surface area contributed by atoms with Gasteiger partial charge in [-0.3, -0.25) is 9.59 Å². The highest BCUT2D eigenvalue weighted by molar-refractivity contribution is 6.08. The molecule has 2 aromatic carbocycles. The summed E-state index contributed by atoms with van der Waals surface area (Å²) >= 11 is 0. The van der Waals surface area contributed by atoms with E-state index in [-0.39, 0.29) is 24.8 Å². The summed E-state index contributed by atoms with van der Waals surface area (Å²) < 4.78 is 22.2. The highest BCUT2D eigenvalue weighted by Crippen LogP contribution is 2.48. The number of carbonyl (C=O) groups excluding carboxylic acids is 1. The molecule has 3 aromatic rings. The fourth-order valence-electron chi connectivity index (χ4n) is 4.05. The molecule has 0 fully saturated rings. The summed E-state index contributed by atoms with van der Waals surface area (Å²) in [6.07, 6.45) is 0. The normalized spacial score (nSPS) is 14.4. The minimum absolute atomic E-state index is 0.00622. The van der Waals surface area contributed by atoms with Gasteiger partial charge in [-0.25, -0.2) is 4.98 Å². The lowest BCUT2D eigenvalue weighted by Crippen LogP contribution is -2.31. The van der Waals surface area contributed by atoms with Crippen LogP contribution in [0.3, 0.4) is 0 Å². The molecule has 1 unspecified atom stereocenters. The van der Waals surface area contributed by atoms with Crippen LogP contribution in [0.5, 0.6) is 23.0 Å². The van der Waals surface area contributed by atoms with Crippen LogP contribution in [-0.2, 0) is 4.79 Å². The number of carboxylic acid groups (broad SMARTS) is 1. The maximum Gasteiger partial charge on any atom is 0.325 e. The Morgan fingerprint density at radius 2 is 1.72 bits per heavy atom. The minimum atomic E-state index is -1.22. The van der Waals surface area contributed by atoms with E-state index in [0.717, 1.165) is 0 Å². The average molecular weight is 437 g/mol. The molecule has 1 atom stereocenters. The summed E-state index contributed by atoms with van der Waals surface area (Å²) in [5.74, 6) is 0.367. The highest BCUT2D eigenvalue weighted by Gasteiger charge is 2.33. The second-order valence-electron chi connectivity index (χ2n) is 7.15. The second kappa shape index (κ2) is 7.57. The number of likely N-dealkylation sites (N-methyl/N-ethyl adjacent to an activating group) is 1. The van der Waals surface area contributed by atoms with Gasteiger partial charge >= 0.3 is 5.97 Å². The van der Waals surface area contributed by atoms with E-state index in [1.807, 2.05) is 0 Å². The fourth-order valence-corrected chi connectivity index (χ4v) is 4.05. The predicted molar refractivity (Wildman–Crippen MR) is 112 cm³/mol. The molecule has 0 spiro atoms. The standard InChI is InChI=1S/C22H19N3O7/c1-23-19(22(27)28)17-15(10-3-5-12-14(7-10)31-8-29-12)16-11(25-18(17)21(26)24-2)4-6-13-20(16)32-9-30-13/h3-7,19,23H,8-9H2,1-2H3,(H,24,26)(H,27,28). The van der Waals surface area contributed by atoms with E-state index in [0.29, 0.717) is 45.0 Å². The van der Waals surface area contributed by atoms with Crippen molar-refractivity contribution in [2.45, 2.75) is 6.04 Å². The molecule has 5 rings (SSSR count). The Morgan fingerprint density at radius 3 is 2.47 bits per heavy atom. The molecular formula is C22H19N3O7. The van der Waals surface area contributed by atoms with Crippen molar-refractivity contribution in [1.29, 1.82) is 0 Å². The first-order chi connectivity index (χ1) is 15.5. The third-order valence-electron chi connectivity index (χ3n) is 5.45. The molecule has 32 heavy (non-hydrogen) atoms. The largest absolute Gasteiger partial charge is 0.480 e. The van der Waals surface area contributed by atoms with E-state index in [4.69, 9.17) is 18.9 Å². The molecule has 0 saturated heterocycles.